The summed E-state index contributed by atoms with van der Waals surface area (Å²) in [6.45, 7) is 1.81. The first-order valence-electron chi connectivity index (χ1n) is 7.35. The van der Waals surface area contributed by atoms with Gasteiger partial charge in [0.15, 0.2) is 0 Å². The van der Waals surface area contributed by atoms with Crippen LogP contribution in [0.4, 0.5) is 4.79 Å². The molecule has 5 heteroatoms. The number of benzene rings is 2. The van der Waals surface area contributed by atoms with E-state index in [0.717, 1.165) is 15.6 Å². The van der Waals surface area contributed by atoms with Crippen molar-refractivity contribution in [2.75, 3.05) is 6.61 Å². The Hall–Kier alpha value is -1.85. The van der Waals surface area contributed by atoms with Gasteiger partial charge in [0.2, 0.25) is 0 Å². The van der Waals surface area contributed by atoms with E-state index < -0.39 is 11.6 Å². The molecule has 0 aliphatic heterocycles. The molecule has 0 saturated heterocycles. The molecule has 0 radical (unpaired) electrons. The number of aliphatic hydroxyl groups excluding tert-OH is 1. The number of nitrogens with one attached hydrogen (secondary N) is 1. The lowest BCUT2D eigenvalue weighted by molar-refractivity contribution is 0.111. The van der Waals surface area contributed by atoms with Crippen molar-refractivity contribution < 1.29 is 14.6 Å². The van der Waals surface area contributed by atoms with E-state index >= 15 is 0 Å². The monoisotopic (exact) mass is 377 g/mol. The fraction of sp³-hybridized carbons (Fsp3) is 0.278. The number of aliphatic hydroxyl groups is 1. The molecule has 1 atom stereocenters. The van der Waals surface area contributed by atoms with Crippen LogP contribution in [0.1, 0.15) is 18.1 Å². The first-order chi connectivity index (χ1) is 11.0. The summed E-state index contributed by atoms with van der Waals surface area (Å²) in [5, 5.41) is 12.4. The molecule has 23 heavy (non-hydrogen) atoms. The normalized spacial score (nSPS) is 13.2. The van der Waals surface area contributed by atoms with E-state index in [0.29, 0.717) is 6.42 Å². The fourth-order valence-corrected chi connectivity index (χ4v) is 2.46. The molecule has 0 aliphatic rings. The van der Waals surface area contributed by atoms with Crippen molar-refractivity contribution in [1.29, 1.82) is 0 Å². The van der Waals surface area contributed by atoms with Crippen molar-refractivity contribution in [2.24, 2.45) is 0 Å². The zero-order chi connectivity index (χ0) is 16.7. The quantitative estimate of drug-likeness (QED) is 0.807. The van der Waals surface area contributed by atoms with Gasteiger partial charge in [0.25, 0.3) is 0 Å². The third kappa shape index (κ3) is 5.69. The number of carbonyl (C=O) groups is 1. The van der Waals surface area contributed by atoms with E-state index in [-0.39, 0.29) is 13.2 Å². The Balaban J connectivity index is 1.91. The zero-order valence-electron chi connectivity index (χ0n) is 13.0. The molecule has 4 nitrogen and oxygen atoms in total. The van der Waals surface area contributed by atoms with Gasteiger partial charge in [-0.05, 0) is 36.6 Å². The summed E-state index contributed by atoms with van der Waals surface area (Å²) in [4.78, 5) is 12.0. The van der Waals surface area contributed by atoms with Crippen LogP contribution in [0, 0.1) is 0 Å². The summed E-state index contributed by atoms with van der Waals surface area (Å²) in [6.07, 6.45) is -0.0282. The molecular weight excluding hydrogens is 358 g/mol. The van der Waals surface area contributed by atoms with Gasteiger partial charge in [0, 0.05) is 4.47 Å². The van der Waals surface area contributed by atoms with Crippen LogP contribution >= 0.6 is 15.9 Å². The lowest BCUT2D eigenvalue weighted by Crippen LogP contribution is -2.50. The maximum absolute atomic E-state index is 12.0. The first-order valence-corrected chi connectivity index (χ1v) is 8.14. The molecule has 2 rings (SSSR count). The highest BCUT2D eigenvalue weighted by atomic mass is 79.9. The highest BCUT2D eigenvalue weighted by Gasteiger charge is 2.26. The van der Waals surface area contributed by atoms with Gasteiger partial charge in [0.05, 0.1) is 12.1 Å². The van der Waals surface area contributed by atoms with Gasteiger partial charge < -0.3 is 15.2 Å². The Labute approximate surface area is 144 Å². The number of alkyl carbamates (subject to hydrolysis) is 1. The van der Waals surface area contributed by atoms with E-state index in [1.807, 2.05) is 54.6 Å². The van der Waals surface area contributed by atoms with E-state index in [1.165, 1.54) is 0 Å². The maximum Gasteiger partial charge on any atom is 0.407 e. The Morgan fingerprint density at radius 3 is 2.39 bits per heavy atom. The Morgan fingerprint density at radius 1 is 1.13 bits per heavy atom. The smallest absolute Gasteiger partial charge is 0.407 e. The molecule has 2 N–H and O–H groups in total. The standard InChI is InChI=1S/C18H20BrNO3/c1-18(13-21,11-14-7-9-16(19)10-8-14)20-17(22)23-12-15-5-3-2-4-6-15/h2-10,21H,11-13H2,1H3,(H,20,22). The van der Waals surface area contributed by atoms with Crippen LogP contribution < -0.4 is 5.32 Å². The maximum atomic E-state index is 12.0. The van der Waals surface area contributed by atoms with Crippen molar-refractivity contribution in [1.82, 2.24) is 5.32 Å². The largest absolute Gasteiger partial charge is 0.445 e. The average molecular weight is 378 g/mol. The first kappa shape index (κ1) is 17.5. The summed E-state index contributed by atoms with van der Waals surface area (Å²) in [5.41, 5.74) is 1.16. The predicted molar refractivity (Wildman–Crippen MR) is 93.1 cm³/mol. The average Bonchev–Trinajstić information content (AvgIpc) is 2.56. The lowest BCUT2D eigenvalue weighted by Gasteiger charge is -2.28. The number of hydrogen-bond donors (Lipinski definition) is 2. The molecule has 0 fully saturated rings. The summed E-state index contributed by atoms with van der Waals surface area (Å²) in [6, 6.07) is 17.2. The predicted octanol–water partition coefficient (Wildman–Crippen LogP) is 3.67. The number of ether oxygens (including phenoxy) is 1. The van der Waals surface area contributed by atoms with Crippen LogP contribution in [0.3, 0.4) is 0 Å². The van der Waals surface area contributed by atoms with Crippen molar-refractivity contribution in [3.8, 4) is 0 Å². The third-order valence-corrected chi connectivity index (χ3v) is 4.00. The summed E-state index contributed by atoms with van der Waals surface area (Å²) < 4.78 is 6.20. The van der Waals surface area contributed by atoms with Crippen LogP contribution in [0.25, 0.3) is 0 Å². The van der Waals surface area contributed by atoms with E-state index in [4.69, 9.17) is 4.74 Å². The topological polar surface area (TPSA) is 58.6 Å². The summed E-state index contributed by atoms with van der Waals surface area (Å²) in [7, 11) is 0. The molecule has 1 unspecified atom stereocenters. The number of halogens is 1. The van der Waals surface area contributed by atoms with Crippen molar-refractivity contribution in [3.63, 3.8) is 0 Å². The van der Waals surface area contributed by atoms with Gasteiger partial charge >= 0.3 is 6.09 Å². The highest BCUT2D eigenvalue weighted by molar-refractivity contribution is 9.10. The van der Waals surface area contributed by atoms with Gasteiger partial charge in [0.1, 0.15) is 6.61 Å². The Kier molecular flexibility index (Phi) is 6.19. The van der Waals surface area contributed by atoms with E-state index in [9.17, 15) is 9.90 Å². The third-order valence-electron chi connectivity index (χ3n) is 3.47. The summed E-state index contributed by atoms with van der Waals surface area (Å²) in [5.74, 6) is 0. The number of hydrogen-bond acceptors (Lipinski definition) is 3. The van der Waals surface area contributed by atoms with Crippen molar-refractivity contribution in [2.45, 2.75) is 25.5 Å². The minimum Gasteiger partial charge on any atom is -0.445 e. The Morgan fingerprint density at radius 2 is 1.78 bits per heavy atom. The molecular formula is C18H20BrNO3. The molecule has 122 valence electrons. The van der Waals surface area contributed by atoms with Gasteiger partial charge in [-0.1, -0.05) is 58.4 Å². The van der Waals surface area contributed by atoms with Crippen LogP contribution in [0.15, 0.2) is 59.1 Å². The molecule has 0 bridgehead atoms. The van der Waals surface area contributed by atoms with Gasteiger partial charge in [-0.2, -0.15) is 0 Å². The summed E-state index contributed by atoms with van der Waals surface area (Å²) >= 11 is 3.39. The second-order valence-corrected chi connectivity index (χ2v) is 6.62. The zero-order valence-corrected chi connectivity index (χ0v) is 14.5. The molecule has 0 aromatic heterocycles. The van der Waals surface area contributed by atoms with Crippen LogP contribution in [0.2, 0.25) is 0 Å². The Bertz CT molecular complexity index is 630. The second-order valence-electron chi connectivity index (χ2n) is 5.71. The van der Waals surface area contributed by atoms with Crippen LogP contribution in [-0.4, -0.2) is 23.3 Å². The van der Waals surface area contributed by atoms with Crippen molar-refractivity contribution in [3.05, 3.63) is 70.2 Å². The molecule has 1 amide bonds. The minimum atomic E-state index is -0.776. The molecule has 2 aromatic carbocycles. The van der Waals surface area contributed by atoms with Gasteiger partial charge in [-0.3, -0.25) is 0 Å². The van der Waals surface area contributed by atoms with Crippen LogP contribution in [0.5, 0.6) is 0 Å². The second kappa shape index (κ2) is 8.13. The van der Waals surface area contributed by atoms with Crippen molar-refractivity contribution >= 4 is 22.0 Å². The molecule has 0 heterocycles. The van der Waals surface area contributed by atoms with Gasteiger partial charge in [-0.25, -0.2) is 4.79 Å². The van der Waals surface area contributed by atoms with Crippen LogP contribution in [-0.2, 0) is 17.8 Å². The number of rotatable bonds is 6. The molecule has 0 saturated carbocycles. The molecule has 2 aromatic rings. The highest BCUT2D eigenvalue weighted by Crippen LogP contribution is 2.16. The molecule has 0 aliphatic carbocycles. The van der Waals surface area contributed by atoms with E-state index in [2.05, 4.69) is 21.2 Å². The lowest BCUT2D eigenvalue weighted by atomic mass is 9.94. The minimum absolute atomic E-state index is 0.177. The fourth-order valence-electron chi connectivity index (χ4n) is 2.20. The van der Waals surface area contributed by atoms with Gasteiger partial charge in [-0.15, -0.1) is 0 Å². The number of amides is 1. The SMILES string of the molecule is CC(CO)(Cc1ccc(Br)cc1)NC(=O)OCc1ccccc1. The number of carbonyl (C=O) groups excluding carboxylic acids is 1. The van der Waals surface area contributed by atoms with E-state index in [1.54, 1.807) is 6.92 Å². The molecule has 0 spiro atoms.